The molecule has 4 aromatic rings. The summed E-state index contributed by atoms with van der Waals surface area (Å²) in [7, 11) is 0. The summed E-state index contributed by atoms with van der Waals surface area (Å²) in [4.78, 5) is 15.2. The fraction of sp³-hybridized carbons (Fsp3) is 0.333. The number of para-hydroxylation sites is 1. The highest BCUT2D eigenvalue weighted by Gasteiger charge is 2.29. The Balaban J connectivity index is 1.77. The first-order chi connectivity index (χ1) is 17.0. The Kier molecular flexibility index (Phi) is 7.18. The maximum absolute atomic E-state index is 11.9. The number of nitrogens with zero attached hydrogens (tertiary/aromatic N) is 1. The van der Waals surface area contributed by atoms with Crippen LogP contribution in [0.25, 0.3) is 22.2 Å². The number of nitrogens with one attached hydrogen (secondary N) is 1. The lowest BCUT2D eigenvalue weighted by atomic mass is 9.87. The molecule has 188 valence electrons. The molecule has 0 aliphatic carbocycles. The van der Waals surface area contributed by atoms with Gasteiger partial charge in [0, 0.05) is 15.8 Å². The van der Waals surface area contributed by atoms with Crippen LogP contribution >= 0.6 is 0 Å². The first-order valence-corrected chi connectivity index (χ1v) is 12.2. The monoisotopic (exact) mass is 486 g/mol. The first-order valence-electron chi connectivity index (χ1n) is 12.2. The summed E-state index contributed by atoms with van der Waals surface area (Å²) in [6.07, 6.45) is 0. The molecule has 1 unspecified atom stereocenters. The van der Waals surface area contributed by atoms with E-state index in [1.165, 1.54) is 0 Å². The molecule has 6 heteroatoms. The molecular weight excluding hydrogens is 452 g/mol. The Bertz CT molecular complexity index is 1340. The van der Waals surface area contributed by atoms with E-state index in [4.69, 9.17) is 9.47 Å². The van der Waals surface area contributed by atoms with Gasteiger partial charge in [-0.05, 0) is 69.5 Å². The molecule has 0 bridgehead atoms. The SMILES string of the molecule is CC(C)(C)OCC(C)(C)Oc1cccc(C(C[N+](=O)[O-])c2c(-c3ccccc3)[nH]c3ccccc23)c1. The summed E-state index contributed by atoms with van der Waals surface area (Å²) in [5.41, 5.74) is 3.74. The van der Waals surface area contributed by atoms with Crippen molar-refractivity contribution < 1.29 is 14.4 Å². The van der Waals surface area contributed by atoms with Crippen molar-refractivity contribution in [3.63, 3.8) is 0 Å². The highest BCUT2D eigenvalue weighted by molar-refractivity contribution is 5.92. The molecule has 1 aromatic heterocycles. The van der Waals surface area contributed by atoms with Gasteiger partial charge in [0.25, 0.3) is 0 Å². The number of aromatic amines is 1. The molecule has 1 atom stereocenters. The third-order valence-corrected chi connectivity index (χ3v) is 6.00. The number of nitro groups is 1. The van der Waals surface area contributed by atoms with E-state index in [2.05, 4.69) is 4.98 Å². The Morgan fingerprint density at radius 1 is 0.917 bits per heavy atom. The van der Waals surface area contributed by atoms with Crippen LogP contribution in [-0.2, 0) is 4.74 Å². The van der Waals surface area contributed by atoms with Gasteiger partial charge in [0.1, 0.15) is 11.4 Å². The van der Waals surface area contributed by atoms with Gasteiger partial charge in [-0.3, -0.25) is 10.1 Å². The maximum Gasteiger partial charge on any atom is 0.214 e. The molecule has 0 aliphatic rings. The minimum Gasteiger partial charge on any atom is -0.485 e. The van der Waals surface area contributed by atoms with Gasteiger partial charge in [0.05, 0.1) is 23.8 Å². The highest BCUT2D eigenvalue weighted by Crippen LogP contribution is 2.40. The van der Waals surface area contributed by atoms with Crippen LogP contribution in [0, 0.1) is 10.1 Å². The molecule has 6 nitrogen and oxygen atoms in total. The van der Waals surface area contributed by atoms with Gasteiger partial charge in [-0.25, -0.2) is 0 Å². The van der Waals surface area contributed by atoms with E-state index < -0.39 is 11.5 Å². The predicted octanol–water partition coefficient (Wildman–Crippen LogP) is 7.22. The molecule has 0 aliphatic heterocycles. The van der Waals surface area contributed by atoms with Crippen molar-refractivity contribution in [3.05, 3.63) is 100 Å². The second-order valence-electron chi connectivity index (χ2n) is 10.7. The first kappa shape index (κ1) is 25.5. The number of H-pyrrole nitrogens is 1. The highest BCUT2D eigenvalue weighted by atomic mass is 16.6. The average molecular weight is 487 g/mol. The molecule has 0 spiro atoms. The molecule has 0 radical (unpaired) electrons. The molecule has 0 fully saturated rings. The number of hydrogen-bond donors (Lipinski definition) is 1. The lowest BCUT2D eigenvalue weighted by molar-refractivity contribution is -0.481. The van der Waals surface area contributed by atoms with Crippen molar-refractivity contribution in [2.45, 2.75) is 51.7 Å². The summed E-state index contributed by atoms with van der Waals surface area (Å²) >= 11 is 0. The van der Waals surface area contributed by atoms with E-state index in [0.717, 1.165) is 33.3 Å². The van der Waals surface area contributed by atoms with Crippen molar-refractivity contribution in [1.82, 2.24) is 4.98 Å². The van der Waals surface area contributed by atoms with Gasteiger partial charge < -0.3 is 14.5 Å². The molecule has 4 rings (SSSR count). The summed E-state index contributed by atoms with van der Waals surface area (Å²) < 4.78 is 12.3. The van der Waals surface area contributed by atoms with Crippen LogP contribution in [0.15, 0.2) is 78.9 Å². The third kappa shape index (κ3) is 6.13. The van der Waals surface area contributed by atoms with Crippen LogP contribution in [0.4, 0.5) is 0 Å². The van der Waals surface area contributed by atoms with Crippen molar-refractivity contribution in [2.24, 2.45) is 0 Å². The Hall–Kier alpha value is -3.64. The number of hydrogen-bond acceptors (Lipinski definition) is 4. The zero-order valence-corrected chi connectivity index (χ0v) is 21.6. The molecule has 36 heavy (non-hydrogen) atoms. The van der Waals surface area contributed by atoms with E-state index in [1.807, 2.05) is 113 Å². The quantitative estimate of drug-likeness (QED) is 0.200. The molecule has 1 N–H and O–H groups in total. The van der Waals surface area contributed by atoms with E-state index >= 15 is 0 Å². The number of aromatic nitrogens is 1. The normalized spacial score (nSPS) is 13.0. The van der Waals surface area contributed by atoms with Crippen molar-refractivity contribution in [1.29, 1.82) is 0 Å². The fourth-order valence-corrected chi connectivity index (χ4v) is 4.40. The molecular formula is C30H34N2O4. The largest absolute Gasteiger partial charge is 0.485 e. The van der Waals surface area contributed by atoms with E-state index in [1.54, 1.807) is 0 Å². The van der Waals surface area contributed by atoms with Crippen molar-refractivity contribution >= 4 is 10.9 Å². The van der Waals surface area contributed by atoms with Gasteiger partial charge in [0.15, 0.2) is 0 Å². The minimum absolute atomic E-state index is 0.234. The summed E-state index contributed by atoms with van der Waals surface area (Å²) in [5.74, 6) is 0.188. The number of ether oxygens (including phenoxy) is 2. The summed E-state index contributed by atoms with van der Waals surface area (Å²) in [5, 5.41) is 12.9. The molecule has 0 saturated heterocycles. The number of benzene rings is 3. The summed E-state index contributed by atoms with van der Waals surface area (Å²) in [6.45, 7) is 10.2. The van der Waals surface area contributed by atoms with Gasteiger partial charge >= 0.3 is 0 Å². The fourth-order valence-electron chi connectivity index (χ4n) is 4.40. The van der Waals surface area contributed by atoms with E-state index in [0.29, 0.717) is 12.4 Å². The number of fused-ring (bicyclic) bond motifs is 1. The van der Waals surface area contributed by atoms with Crippen molar-refractivity contribution in [2.75, 3.05) is 13.2 Å². The van der Waals surface area contributed by atoms with Crippen LogP contribution in [0.2, 0.25) is 0 Å². The van der Waals surface area contributed by atoms with Crippen LogP contribution < -0.4 is 4.74 Å². The van der Waals surface area contributed by atoms with Gasteiger partial charge in [0.2, 0.25) is 6.54 Å². The van der Waals surface area contributed by atoms with Gasteiger partial charge in [-0.2, -0.15) is 0 Å². The van der Waals surface area contributed by atoms with Gasteiger partial charge in [-0.15, -0.1) is 0 Å². The lowest BCUT2D eigenvalue weighted by Gasteiger charge is -2.30. The minimum atomic E-state index is -0.569. The lowest BCUT2D eigenvalue weighted by Crippen LogP contribution is -2.37. The number of rotatable bonds is 9. The Morgan fingerprint density at radius 3 is 2.31 bits per heavy atom. The smallest absolute Gasteiger partial charge is 0.214 e. The topological polar surface area (TPSA) is 77.4 Å². The second kappa shape index (κ2) is 10.2. The zero-order valence-electron chi connectivity index (χ0n) is 21.6. The molecule has 1 heterocycles. The molecule has 3 aromatic carbocycles. The zero-order chi connectivity index (χ0) is 25.9. The maximum atomic E-state index is 11.9. The van der Waals surface area contributed by atoms with Crippen LogP contribution in [0.5, 0.6) is 5.75 Å². The summed E-state index contributed by atoms with van der Waals surface area (Å²) in [6, 6.07) is 25.6. The Morgan fingerprint density at radius 2 is 1.61 bits per heavy atom. The molecule has 0 saturated carbocycles. The second-order valence-corrected chi connectivity index (χ2v) is 10.7. The van der Waals surface area contributed by atoms with Crippen molar-refractivity contribution in [3.8, 4) is 17.0 Å². The van der Waals surface area contributed by atoms with E-state index in [-0.39, 0.29) is 17.1 Å². The standard InChI is InChI=1S/C30H34N2O4/c1-29(2,3)35-20-30(4,5)36-23-15-11-14-22(18-23)25(19-32(33)34)27-24-16-9-10-17-26(24)31-28(27)21-12-7-6-8-13-21/h6-18,25,31H,19-20H2,1-5H3. The van der Waals surface area contributed by atoms with E-state index in [9.17, 15) is 10.1 Å². The van der Waals surface area contributed by atoms with Crippen LogP contribution in [0.1, 0.15) is 51.7 Å². The Labute approximate surface area is 212 Å². The predicted molar refractivity (Wildman–Crippen MR) is 144 cm³/mol. The van der Waals surface area contributed by atoms with Crippen LogP contribution in [0.3, 0.4) is 0 Å². The third-order valence-electron chi connectivity index (χ3n) is 6.00. The average Bonchev–Trinajstić information content (AvgIpc) is 3.21. The van der Waals surface area contributed by atoms with Crippen LogP contribution in [-0.4, -0.2) is 34.3 Å². The molecule has 0 amide bonds. The van der Waals surface area contributed by atoms with Gasteiger partial charge in [-0.1, -0.05) is 60.7 Å².